The lowest BCUT2D eigenvalue weighted by molar-refractivity contribution is 0.378. The summed E-state index contributed by atoms with van der Waals surface area (Å²) < 4.78 is 15.5. The van der Waals surface area contributed by atoms with Gasteiger partial charge in [-0.05, 0) is 0 Å². The Labute approximate surface area is 67.5 Å². The van der Waals surface area contributed by atoms with Crippen LogP contribution in [0.25, 0.3) is 0 Å². The molecular weight excluding hydrogens is 164 g/mol. The Morgan fingerprint density at radius 1 is 1.64 bits per heavy atom. The molecule has 0 amide bonds. The van der Waals surface area contributed by atoms with E-state index in [0.717, 1.165) is 6.42 Å². The normalized spacial score (nSPS) is 13.3. The summed E-state index contributed by atoms with van der Waals surface area (Å²) in [6.07, 6.45) is 2.34. The summed E-state index contributed by atoms with van der Waals surface area (Å²) in [5.41, 5.74) is 0. The Morgan fingerprint density at radius 3 is 2.82 bits per heavy atom. The van der Waals surface area contributed by atoms with Gasteiger partial charge in [-0.1, -0.05) is 12.1 Å². The van der Waals surface area contributed by atoms with Gasteiger partial charge in [0.05, 0.1) is 5.75 Å². The van der Waals surface area contributed by atoms with Crippen LogP contribution in [0.5, 0.6) is 0 Å². The Bertz CT molecular complexity index is 259. The smallest absolute Gasteiger partial charge is 0.226 e. The second-order valence-corrected chi connectivity index (χ2v) is 3.61. The van der Waals surface area contributed by atoms with Crippen molar-refractivity contribution in [1.29, 1.82) is 0 Å². The quantitative estimate of drug-likeness (QED) is 0.670. The van der Waals surface area contributed by atoms with Crippen LogP contribution in [0.1, 0.15) is 18.6 Å². The third-order valence-electron chi connectivity index (χ3n) is 1.14. The molecule has 62 valence electrons. The number of hydrogen-bond donors (Lipinski definition) is 0. The first kappa shape index (κ1) is 8.39. The summed E-state index contributed by atoms with van der Waals surface area (Å²) in [4.78, 5) is 4.00. The molecule has 0 fully saturated rings. The molecule has 11 heavy (non-hydrogen) atoms. The van der Waals surface area contributed by atoms with Crippen molar-refractivity contribution in [2.45, 2.75) is 19.1 Å². The van der Waals surface area contributed by atoms with Crippen molar-refractivity contribution in [3.63, 3.8) is 0 Å². The van der Waals surface area contributed by atoms with Gasteiger partial charge in [-0.15, -0.1) is 0 Å². The van der Waals surface area contributed by atoms with Crippen LogP contribution >= 0.6 is 0 Å². The maximum Gasteiger partial charge on any atom is 0.226 e. The molecule has 4 nitrogen and oxygen atoms in total. The Morgan fingerprint density at radius 2 is 2.36 bits per heavy atom. The highest BCUT2D eigenvalue weighted by molar-refractivity contribution is 7.83. The second kappa shape index (κ2) is 3.61. The van der Waals surface area contributed by atoms with Crippen molar-refractivity contribution in [3.8, 4) is 0 Å². The summed E-state index contributed by atoms with van der Waals surface area (Å²) >= 11 is 0. The highest BCUT2D eigenvalue weighted by Gasteiger charge is 2.04. The fourth-order valence-corrected chi connectivity index (χ4v) is 1.16. The van der Waals surface area contributed by atoms with Gasteiger partial charge in [0.25, 0.3) is 0 Å². The zero-order chi connectivity index (χ0) is 8.27. The zero-order valence-electron chi connectivity index (χ0n) is 6.53. The van der Waals surface area contributed by atoms with Crippen molar-refractivity contribution in [2.24, 2.45) is 0 Å². The zero-order valence-corrected chi connectivity index (χ0v) is 7.35. The molecule has 0 bridgehead atoms. The van der Waals surface area contributed by atoms with E-state index in [0.29, 0.717) is 17.5 Å². The van der Waals surface area contributed by atoms with Crippen LogP contribution in [-0.4, -0.2) is 20.6 Å². The summed E-state index contributed by atoms with van der Waals surface area (Å²) in [5, 5.41) is 3.65. The lowest BCUT2D eigenvalue weighted by Crippen LogP contribution is -1.94. The molecule has 0 aromatic carbocycles. The predicted molar refractivity (Wildman–Crippen MR) is 41.4 cm³/mol. The molecule has 0 aliphatic heterocycles. The van der Waals surface area contributed by atoms with E-state index in [1.807, 2.05) is 6.92 Å². The topological polar surface area (TPSA) is 56.0 Å². The third-order valence-corrected chi connectivity index (χ3v) is 1.81. The predicted octanol–water partition coefficient (Wildman–Crippen LogP) is 0.510. The van der Waals surface area contributed by atoms with Crippen LogP contribution in [0.2, 0.25) is 0 Å². The first-order valence-corrected chi connectivity index (χ1v) is 5.06. The van der Waals surface area contributed by atoms with Gasteiger partial charge in [-0.2, -0.15) is 4.98 Å². The fourth-order valence-electron chi connectivity index (χ4n) is 0.674. The monoisotopic (exact) mass is 174 g/mol. The first-order chi connectivity index (χ1) is 5.22. The minimum absolute atomic E-state index is 0.378. The Kier molecular flexibility index (Phi) is 2.76. The van der Waals surface area contributed by atoms with E-state index in [9.17, 15) is 4.21 Å². The number of nitrogens with zero attached hydrogens (tertiary/aromatic N) is 2. The lowest BCUT2D eigenvalue weighted by Gasteiger charge is -1.84. The highest BCUT2D eigenvalue weighted by atomic mass is 32.2. The van der Waals surface area contributed by atoms with Gasteiger partial charge >= 0.3 is 0 Å². The SMILES string of the molecule is CCc1nc(CS(C)=O)no1. The average molecular weight is 174 g/mol. The van der Waals surface area contributed by atoms with E-state index in [1.54, 1.807) is 6.26 Å². The van der Waals surface area contributed by atoms with E-state index >= 15 is 0 Å². The molecule has 0 aliphatic carbocycles. The second-order valence-electron chi connectivity index (χ2n) is 2.18. The van der Waals surface area contributed by atoms with Crippen LogP contribution < -0.4 is 0 Å². The van der Waals surface area contributed by atoms with E-state index in [-0.39, 0.29) is 0 Å². The van der Waals surface area contributed by atoms with E-state index in [4.69, 9.17) is 4.52 Å². The molecule has 0 radical (unpaired) electrons. The van der Waals surface area contributed by atoms with E-state index in [2.05, 4.69) is 10.1 Å². The number of hydrogen-bond acceptors (Lipinski definition) is 4. The average Bonchev–Trinajstić information content (AvgIpc) is 2.34. The summed E-state index contributed by atoms with van der Waals surface area (Å²) in [7, 11) is -0.890. The fraction of sp³-hybridized carbons (Fsp3) is 0.667. The standard InChI is InChI=1S/C6H10N2O2S/c1-3-6-7-5(8-10-6)4-11(2)9/h3-4H2,1-2H3. The van der Waals surface area contributed by atoms with Crippen molar-refractivity contribution in [3.05, 3.63) is 11.7 Å². The summed E-state index contributed by atoms with van der Waals surface area (Å²) in [6.45, 7) is 1.93. The van der Waals surface area contributed by atoms with Crippen LogP contribution in [0.15, 0.2) is 4.52 Å². The first-order valence-electron chi connectivity index (χ1n) is 3.34. The molecule has 1 atom stereocenters. The Balaban J connectivity index is 2.65. The molecule has 0 saturated carbocycles. The molecule has 0 saturated heterocycles. The highest BCUT2D eigenvalue weighted by Crippen LogP contribution is 1.99. The van der Waals surface area contributed by atoms with Gasteiger partial charge in [0.1, 0.15) is 0 Å². The van der Waals surface area contributed by atoms with Crippen molar-refractivity contribution < 1.29 is 8.73 Å². The lowest BCUT2D eigenvalue weighted by atomic mass is 10.5. The maximum absolute atomic E-state index is 10.7. The van der Waals surface area contributed by atoms with Crippen LogP contribution in [-0.2, 0) is 23.0 Å². The summed E-state index contributed by atoms with van der Waals surface area (Å²) in [6, 6.07) is 0. The molecule has 1 unspecified atom stereocenters. The van der Waals surface area contributed by atoms with E-state index in [1.165, 1.54) is 0 Å². The van der Waals surface area contributed by atoms with Crippen LogP contribution in [0.3, 0.4) is 0 Å². The molecule has 0 spiro atoms. The molecule has 0 N–H and O–H groups in total. The molecule has 1 aromatic heterocycles. The van der Waals surface area contributed by atoms with Gasteiger partial charge < -0.3 is 4.52 Å². The van der Waals surface area contributed by atoms with Crippen LogP contribution in [0, 0.1) is 0 Å². The van der Waals surface area contributed by atoms with E-state index < -0.39 is 10.8 Å². The third kappa shape index (κ3) is 2.42. The van der Waals surface area contributed by atoms with Gasteiger partial charge in [-0.3, -0.25) is 4.21 Å². The molecular formula is C6H10N2O2S. The van der Waals surface area contributed by atoms with Gasteiger partial charge in [0.2, 0.25) is 5.89 Å². The van der Waals surface area contributed by atoms with Gasteiger partial charge in [0, 0.05) is 23.5 Å². The van der Waals surface area contributed by atoms with Crippen molar-refractivity contribution in [1.82, 2.24) is 10.1 Å². The molecule has 1 rings (SSSR count). The van der Waals surface area contributed by atoms with Crippen LogP contribution in [0.4, 0.5) is 0 Å². The van der Waals surface area contributed by atoms with Gasteiger partial charge in [0.15, 0.2) is 5.82 Å². The molecule has 1 heterocycles. The number of aromatic nitrogens is 2. The minimum Gasteiger partial charge on any atom is -0.339 e. The minimum atomic E-state index is -0.890. The molecule has 0 aliphatic rings. The molecule has 1 aromatic rings. The summed E-state index contributed by atoms with van der Waals surface area (Å²) in [5.74, 6) is 1.51. The van der Waals surface area contributed by atoms with Crippen molar-refractivity contribution in [2.75, 3.05) is 6.26 Å². The largest absolute Gasteiger partial charge is 0.339 e. The van der Waals surface area contributed by atoms with Gasteiger partial charge in [-0.25, -0.2) is 0 Å². The number of aryl methyl sites for hydroxylation is 1. The molecule has 5 heteroatoms. The number of rotatable bonds is 3. The maximum atomic E-state index is 10.7. The Hall–Kier alpha value is -0.710. The van der Waals surface area contributed by atoms with Crippen molar-refractivity contribution >= 4 is 10.8 Å².